The molecule has 0 aliphatic rings. The molecule has 0 aliphatic heterocycles. The van der Waals surface area contributed by atoms with Crippen LogP contribution in [0.4, 0.5) is 17.5 Å². The first kappa shape index (κ1) is 18.1. The van der Waals surface area contributed by atoms with E-state index >= 15 is 0 Å². The summed E-state index contributed by atoms with van der Waals surface area (Å²) < 4.78 is 0. The van der Waals surface area contributed by atoms with E-state index in [1.54, 1.807) is 12.4 Å². The zero-order valence-electron chi connectivity index (χ0n) is 14.6. The Morgan fingerprint density at radius 2 is 2.04 bits per heavy atom. The van der Waals surface area contributed by atoms with Crippen molar-refractivity contribution in [1.29, 1.82) is 0 Å². The maximum absolute atomic E-state index is 9.29. The summed E-state index contributed by atoms with van der Waals surface area (Å²) in [5.41, 5.74) is 3.42. The highest BCUT2D eigenvalue weighted by Crippen LogP contribution is 2.28. The van der Waals surface area contributed by atoms with Crippen molar-refractivity contribution in [2.45, 2.75) is 19.9 Å². The maximum atomic E-state index is 9.29. The van der Waals surface area contributed by atoms with Gasteiger partial charge in [-0.25, -0.2) is 4.98 Å². The first-order valence-corrected chi connectivity index (χ1v) is 8.63. The zero-order valence-corrected chi connectivity index (χ0v) is 15.3. The number of pyridine rings is 1. The molecule has 0 aliphatic carbocycles. The van der Waals surface area contributed by atoms with Crippen LogP contribution in [0.25, 0.3) is 11.3 Å². The lowest BCUT2D eigenvalue weighted by molar-refractivity contribution is 0.281. The molecule has 26 heavy (non-hydrogen) atoms. The Kier molecular flexibility index (Phi) is 5.65. The van der Waals surface area contributed by atoms with Gasteiger partial charge >= 0.3 is 0 Å². The number of aromatic nitrogens is 3. The molecule has 0 unspecified atom stereocenters. The second-order valence-corrected chi connectivity index (χ2v) is 6.45. The molecule has 2 heterocycles. The molecule has 0 amide bonds. The Bertz CT molecular complexity index is 888. The van der Waals surface area contributed by atoms with Gasteiger partial charge in [-0.15, -0.1) is 0 Å². The van der Waals surface area contributed by atoms with E-state index in [0.29, 0.717) is 22.5 Å². The minimum Gasteiger partial charge on any atom is -0.394 e. The lowest BCUT2D eigenvalue weighted by Crippen LogP contribution is -2.21. The van der Waals surface area contributed by atoms with E-state index < -0.39 is 0 Å². The number of halogens is 1. The van der Waals surface area contributed by atoms with Crippen LogP contribution < -0.4 is 10.6 Å². The highest BCUT2D eigenvalue weighted by Gasteiger charge is 2.10. The van der Waals surface area contributed by atoms with Gasteiger partial charge in [-0.3, -0.25) is 4.98 Å². The summed E-state index contributed by atoms with van der Waals surface area (Å²) in [6.07, 6.45) is 3.45. The van der Waals surface area contributed by atoms with Crippen LogP contribution in [0.15, 0.2) is 48.8 Å². The maximum Gasteiger partial charge on any atom is 0.225 e. The number of aliphatic hydroxyl groups is 1. The molecule has 1 atom stereocenters. The van der Waals surface area contributed by atoms with Gasteiger partial charge in [0.05, 0.1) is 23.0 Å². The summed E-state index contributed by atoms with van der Waals surface area (Å²) >= 11 is 6.32. The first-order valence-electron chi connectivity index (χ1n) is 8.25. The molecule has 3 N–H and O–H groups in total. The molecule has 0 saturated heterocycles. The number of anilines is 3. The number of aryl methyl sites for hydroxylation is 1. The van der Waals surface area contributed by atoms with E-state index in [1.807, 2.05) is 50.2 Å². The molecule has 0 bridgehead atoms. The fourth-order valence-electron chi connectivity index (χ4n) is 2.36. The summed E-state index contributed by atoms with van der Waals surface area (Å²) in [6.45, 7) is 3.82. The second-order valence-electron chi connectivity index (χ2n) is 6.04. The van der Waals surface area contributed by atoms with Crippen molar-refractivity contribution in [2.75, 3.05) is 17.2 Å². The molecule has 3 rings (SSSR count). The predicted octanol–water partition coefficient (Wildman–Crippen LogP) is 4.04. The number of aliphatic hydroxyl groups excluding tert-OH is 1. The number of hydrogen-bond acceptors (Lipinski definition) is 6. The number of nitrogens with zero attached hydrogens (tertiary/aromatic N) is 3. The third-order valence-corrected chi connectivity index (χ3v) is 4.03. The van der Waals surface area contributed by atoms with Crippen LogP contribution >= 0.6 is 11.6 Å². The van der Waals surface area contributed by atoms with Crippen molar-refractivity contribution in [1.82, 2.24) is 15.0 Å². The minimum atomic E-state index is -0.171. The molecule has 0 saturated carbocycles. The molecular formula is C19H20ClN5O. The van der Waals surface area contributed by atoms with Crippen LogP contribution in [-0.2, 0) is 0 Å². The molecule has 0 radical (unpaired) electrons. The molecule has 0 fully saturated rings. The van der Waals surface area contributed by atoms with Gasteiger partial charge in [0.25, 0.3) is 0 Å². The van der Waals surface area contributed by atoms with Gasteiger partial charge in [0.2, 0.25) is 5.95 Å². The molecular weight excluding hydrogens is 350 g/mol. The summed E-state index contributed by atoms with van der Waals surface area (Å²) in [5.74, 6) is 1.01. The van der Waals surface area contributed by atoms with Crippen molar-refractivity contribution in [3.8, 4) is 11.3 Å². The lowest BCUT2D eigenvalue weighted by Gasteiger charge is -2.15. The lowest BCUT2D eigenvalue weighted by atomic mass is 10.2. The van der Waals surface area contributed by atoms with E-state index in [9.17, 15) is 5.11 Å². The molecule has 1 aromatic carbocycles. The van der Waals surface area contributed by atoms with E-state index in [2.05, 4.69) is 25.6 Å². The Balaban J connectivity index is 1.98. The van der Waals surface area contributed by atoms with Gasteiger partial charge < -0.3 is 15.7 Å². The Hall–Kier alpha value is -2.70. The average molecular weight is 370 g/mol. The van der Waals surface area contributed by atoms with Crippen molar-refractivity contribution < 1.29 is 5.11 Å². The highest BCUT2D eigenvalue weighted by molar-refractivity contribution is 6.33. The Morgan fingerprint density at radius 1 is 1.19 bits per heavy atom. The van der Waals surface area contributed by atoms with Crippen molar-refractivity contribution in [3.63, 3.8) is 0 Å². The largest absolute Gasteiger partial charge is 0.394 e. The minimum absolute atomic E-state index is 0.0208. The summed E-state index contributed by atoms with van der Waals surface area (Å²) in [7, 11) is 0. The summed E-state index contributed by atoms with van der Waals surface area (Å²) in [4.78, 5) is 13.1. The van der Waals surface area contributed by atoms with Crippen LogP contribution in [0.1, 0.15) is 12.5 Å². The molecule has 2 aromatic heterocycles. The average Bonchev–Trinajstić information content (AvgIpc) is 2.64. The molecule has 6 nitrogen and oxygen atoms in total. The molecule has 134 valence electrons. The Morgan fingerprint density at radius 3 is 2.73 bits per heavy atom. The summed E-state index contributed by atoms with van der Waals surface area (Å²) in [5, 5.41) is 16.2. The van der Waals surface area contributed by atoms with Gasteiger partial charge in [-0.2, -0.15) is 4.98 Å². The van der Waals surface area contributed by atoms with Gasteiger partial charge in [-0.1, -0.05) is 17.7 Å². The third-order valence-electron chi connectivity index (χ3n) is 3.72. The van der Waals surface area contributed by atoms with Gasteiger partial charge in [0.15, 0.2) is 0 Å². The monoisotopic (exact) mass is 369 g/mol. The van der Waals surface area contributed by atoms with Gasteiger partial charge in [-0.05, 0) is 43.7 Å². The number of hydrogen-bond donors (Lipinski definition) is 3. The molecule has 7 heteroatoms. The first-order chi connectivity index (χ1) is 12.5. The topological polar surface area (TPSA) is 83.0 Å². The van der Waals surface area contributed by atoms with Crippen LogP contribution in [0.3, 0.4) is 0 Å². The SMILES string of the molecule is Cc1ccc(Nc2cc(-c3cccnc3)nc(N[C@H](C)CO)n2)c(Cl)c1. The predicted molar refractivity (Wildman–Crippen MR) is 105 cm³/mol. The van der Waals surface area contributed by atoms with Gasteiger partial charge in [0.1, 0.15) is 5.82 Å². The quantitative estimate of drug-likeness (QED) is 0.608. The second kappa shape index (κ2) is 8.12. The normalized spacial score (nSPS) is 11.8. The number of nitrogens with one attached hydrogen (secondary N) is 2. The summed E-state index contributed by atoms with van der Waals surface area (Å²) in [6, 6.07) is 11.2. The Labute approximate surface area is 157 Å². The number of rotatable bonds is 6. The van der Waals surface area contributed by atoms with Crippen LogP contribution in [-0.4, -0.2) is 32.7 Å². The smallest absolute Gasteiger partial charge is 0.225 e. The highest BCUT2D eigenvalue weighted by atomic mass is 35.5. The zero-order chi connectivity index (χ0) is 18.5. The third kappa shape index (κ3) is 4.47. The van der Waals surface area contributed by atoms with E-state index in [4.69, 9.17) is 11.6 Å². The standard InChI is InChI=1S/C19H20ClN5O/c1-12-5-6-16(15(20)8-12)23-18-9-17(14-4-3-7-21-10-14)24-19(25-18)22-13(2)11-26/h3-10,13,26H,11H2,1-2H3,(H2,22,23,24,25)/t13-/m1/s1. The fourth-order valence-corrected chi connectivity index (χ4v) is 2.65. The van der Waals surface area contributed by atoms with Crippen molar-refractivity contribution in [3.05, 3.63) is 59.4 Å². The van der Waals surface area contributed by atoms with Crippen molar-refractivity contribution in [2.24, 2.45) is 0 Å². The molecule has 0 spiro atoms. The number of benzene rings is 1. The van der Waals surface area contributed by atoms with Crippen LogP contribution in [0, 0.1) is 6.92 Å². The van der Waals surface area contributed by atoms with Crippen LogP contribution in [0.5, 0.6) is 0 Å². The van der Waals surface area contributed by atoms with E-state index in [0.717, 1.165) is 16.8 Å². The van der Waals surface area contributed by atoms with Gasteiger partial charge in [0, 0.05) is 30.1 Å². The van der Waals surface area contributed by atoms with Crippen molar-refractivity contribution >= 4 is 29.1 Å². The van der Waals surface area contributed by atoms with E-state index in [1.165, 1.54) is 0 Å². The van der Waals surface area contributed by atoms with Crippen LogP contribution in [0.2, 0.25) is 5.02 Å². The van der Waals surface area contributed by atoms with E-state index in [-0.39, 0.29) is 12.6 Å². The molecule has 3 aromatic rings. The fraction of sp³-hybridized carbons (Fsp3) is 0.211.